The fraction of sp³-hybridized carbons (Fsp3) is 0.250. The van der Waals surface area contributed by atoms with Crippen LogP contribution in [0, 0.1) is 18.6 Å². The first-order chi connectivity index (χ1) is 9.59. The number of hydrogen-bond acceptors (Lipinski definition) is 2. The average molecular weight is 273 g/mol. The van der Waals surface area contributed by atoms with Crippen LogP contribution in [-0.2, 0) is 6.42 Å². The number of halogens is 2. The summed E-state index contributed by atoms with van der Waals surface area (Å²) in [7, 11) is 0. The van der Waals surface area contributed by atoms with Crippen LogP contribution in [0.4, 0.5) is 8.78 Å². The molecular weight excluding hydrogens is 260 g/mol. The molecule has 2 aromatic rings. The molecule has 1 heterocycles. The summed E-state index contributed by atoms with van der Waals surface area (Å²) in [4.78, 5) is 16.7. The van der Waals surface area contributed by atoms with E-state index in [1.807, 2.05) is 6.07 Å². The van der Waals surface area contributed by atoms with Crippen molar-refractivity contribution in [3.8, 4) is 0 Å². The predicted octanol–water partition coefficient (Wildman–Crippen LogP) is 3.58. The van der Waals surface area contributed by atoms with E-state index in [0.717, 1.165) is 11.6 Å². The van der Waals surface area contributed by atoms with E-state index in [4.69, 9.17) is 0 Å². The lowest BCUT2D eigenvalue weighted by molar-refractivity contribution is 0.0949. The van der Waals surface area contributed by atoms with Crippen LogP contribution in [0.15, 0.2) is 30.5 Å². The zero-order valence-electron chi connectivity index (χ0n) is 11.0. The Morgan fingerprint density at radius 3 is 2.90 bits per heavy atom. The van der Waals surface area contributed by atoms with Crippen molar-refractivity contribution in [2.45, 2.75) is 25.7 Å². The Morgan fingerprint density at radius 1 is 1.30 bits per heavy atom. The van der Waals surface area contributed by atoms with E-state index in [9.17, 15) is 13.6 Å². The highest BCUT2D eigenvalue weighted by molar-refractivity contribution is 6.02. The molecule has 1 atom stereocenters. The summed E-state index contributed by atoms with van der Waals surface area (Å²) in [5.41, 5.74) is 1.47. The Morgan fingerprint density at radius 2 is 2.10 bits per heavy atom. The fourth-order valence-corrected chi connectivity index (χ4v) is 2.72. The van der Waals surface area contributed by atoms with Gasteiger partial charge in [0.05, 0.1) is 17.2 Å². The Kier molecular flexibility index (Phi) is 3.08. The smallest absolute Gasteiger partial charge is 0.177 e. The van der Waals surface area contributed by atoms with Gasteiger partial charge in [-0.3, -0.25) is 9.78 Å². The Bertz CT molecular complexity index is 697. The van der Waals surface area contributed by atoms with Gasteiger partial charge in [-0.25, -0.2) is 8.78 Å². The third-order valence-electron chi connectivity index (χ3n) is 3.81. The number of fused-ring (bicyclic) bond motifs is 1. The van der Waals surface area contributed by atoms with Crippen molar-refractivity contribution in [2.24, 2.45) is 0 Å². The van der Waals surface area contributed by atoms with Gasteiger partial charge in [-0.15, -0.1) is 0 Å². The first-order valence-corrected chi connectivity index (χ1v) is 6.52. The van der Waals surface area contributed by atoms with Crippen LogP contribution in [0.1, 0.15) is 39.5 Å². The molecule has 1 aromatic heterocycles. The quantitative estimate of drug-likeness (QED) is 0.783. The van der Waals surface area contributed by atoms with Gasteiger partial charge in [-0.2, -0.15) is 0 Å². The molecule has 0 amide bonds. The molecule has 0 aliphatic heterocycles. The second-order valence-electron chi connectivity index (χ2n) is 5.06. The van der Waals surface area contributed by atoms with Gasteiger partial charge >= 0.3 is 0 Å². The number of benzene rings is 1. The summed E-state index contributed by atoms with van der Waals surface area (Å²) < 4.78 is 27.9. The van der Waals surface area contributed by atoms with Crippen molar-refractivity contribution in [1.82, 2.24) is 4.98 Å². The lowest BCUT2D eigenvalue weighted by atomic mass is 9.93. The lowest BCUT2D eigenvalue weighted by Gasteiger charge is -2.12. The van der Waals surface area contributed by atoms with E-state index in [1.165, 1.54) is 13.0 Å². The minimum atomic E-state index is -0.803. The number of aromatic nitrogens is 1. The normalized spacial score (nSPS) is 17.1. The van der Waals surface area contributed by atoms with Crippen LogP contribution in [0.5, 0.6) is 0 Å². The van der Waals surface area contributed by atoms with Crippen molar-refractivity contribution < 1.29 is 13.6 Å². The Labute approximate surface area is 115 Å². The molecule has 0 saturated carbocycles. The summed E-state index contributed by atoms with van der Waals surface area (Å²) in [5, 5.41) is 0. The second kappa shape index (κ2) is 4.78. The first-order valence-electron chi connectivity index (χ1n) is 6.52. The molecule has 2 nitrogen and oxygen atoms in total. The maximum atomic E-state index is 14.1. The van der Waals surface area contributed by atoms with Gasteiger partial charge < -0.3 is 0 Å². The molecule has 1 aliphatic rings. The van der Waals surface area contributed by atoms with E-state index >= 15 is 0 Å². The summed E-state index contributed by atoms with van der Waals surface area (Å²) in [6, 6.07) is 6.18. The van der Waals surface area contributed by atoms with E-state index in [2.05, 4.69) is 4.98 Å². The number of nitrogens with zero attached hydrogens (tertiary/aromatic N) is 1. The Balaban J connectivity index is 2.06. The minimum absolute atomic E-state index is 0.272. The standard InChI is InChI=1S/C16H13F2NO/c1-9-4-7-12(17)13(14(9)18)16(20)11-6-5-10-3-2-8-19-15(10)11/h2-4,7-8,11H,5-6H2,1H3. The number of carbonyl (C=O) groups excluding carboxylic acids is 1. The van der Waals surface area contributed by atoms with E-state index in [-0.39, 0.29) is 5.56 Å². The third-order valence-corrected chi connectivity index (χ3v) is 3.81. The molecule has 1 aromatic carbocycles. The number of Topliss-reactive ketones (excluding diaryl/α,β-unsaturated/α-hetero) is 1. The molecule has 20 heavy (non-hydrogen) atoms. The highest BCUT2D eigenvalue weighted by atomic mass is 19.1. The number of rotatable bonds is 2. The molecule has 3 rings (SSSR count). The van der Waals surface area contributed by atoms with Gasteiger partial charge in [0.25, 0.3) is 0 Å². The number of aryl methyl sites for hydroxylation is 2. The van der Waals surface area contributed by atoms with E-state index in [1.54, 1.807) is 12.3 Å². The highest BCUT2D eigenvalue weighted by Crippen LogP contribution is 2.35. The van der Waals surface area contributed by atoms with Gasteiger partial charge in [0.15, 0.2) is 5.78 Å². The van der Waals surface area contributed by atoms with Crippen LogP contribution in [-0.4, -0.2) is 10.8 Å². The molecule has 0 N–H and O–H groups in total. The zero-order chi connectivity index (χ0) is 14.3. The first kappa shape index (κ1) is 12.9. The van der Waals surface area contributed by atoms with Gasteiger partial charge in [-0.05, 0) is 43.0 Å². The minimum Gasteiger partial charge on any atom is -0.293 e. The summed E-state index contributed by atoms with van der Waals surface area (Å²) in [6.45, 7) is 1.52. The van der Waals surface area contributed by atoms with Crippen LogP contribution >= 0.6 is 0 Å². The summed E-state index contributed by atoms with van der Waals surface area (Å²) >= 11 is 0. The van der Waals surface area contributed by atoms with Crippen molar-refractivity contribution >= 4 is 5.78 Å². The third kappa shape index (κ3) is 1.92. The van der Waals surface area contributed by atoms with Crippen LogP contribution in [0.3, 0.4) is 0 Å². The average Bonchev–Trinajstić information content (AvgIpc) is 2.87. The number of carbonyl (C=O) groups is 1. The van der Waals surface area contributed by atoms with Gasteiger partial charge in [0, 0.05) is 6.20 Å². The molecule has 1 unspecified atom stereocenters. The van der Waals surface area contributed by atoms with Crippen molar-refractivity contribution in [3.05, 3.63) is 64.5 Å². The molecule has 0 fully saturated rings. The molecular formula is C16H13F2NO. The van der Waals surface area contributed by atoms with E-state index in [0.29, 0.717) is 18.5 Å². The van der Waals surface area contributed by atoms with Crippen LogP contribution < -0.4 is 0 Å². The Hall–Kier alpha value is -2.10. The monoisotopic (exact) mass is 273 g/mol. The van der Waals surface area contributed by atoms with Gasteiger partial charge in [0.1, 0.15) is 11.6 Å². The van der Waals surface area contributed by atoms with Crippen molar-refractivity contribution in [3.63, 3.8) is 0 Å². The largest absolute Gasteiger partial charge is 0.293 e. The van der Waals surface area contributed by atoms with Crippen LogP contribution in [0.25, 0.3) is 0 Å². The zero-order valence-corrected chi connectivity index (χ0v) is 11.0. The van der Waals surface area contributed by atoms with Gasteiger partial charge in [-0.1, -0.05) is 12.1 Å². The maximum absolute atomic E-state index is 14.1. The van der Waals surface area contributed by atoms with E-state index < -0.39 is 28.9 Å². The van der Waals surface area contributed by atoms with Crippen LogP contribution in [0.2, 0.25) is 0 Å². The summed E-state index contributed by atoms with van der Waals surface area (Å²) in [6.07, 6.45) is 2.88. The lowest BCUT2D eigenvalue weighted by Crippen LogP contribution is -2.15. The molecule has 4 heteroatoms. The predicted molar refractivity (Wildman–Crippen MR) is 70.7 cm³/mol. The topological polar surface area (TPSA) is 30.0 Å². The molecule has 0 saturated heterocycles. The molecule has 0 radical (unpaired) electrons. The highest BCUT2D eigenvalue weighted by Gasteiger charge is 2.33. The molecule has 0 spiro atoms. The number of hydrogen-bond donors (Lipinski definition) is 0. The maximum Gasteiger partial charge on any atom is 0.177 e. The van der Waals surface area contributed by atoms with Crippen molar-refractivity contribution in [1.29, 1.82) is 0 Å². The van der Waals surface area contributed by atoms with Crippen molar-refractivity contribution in [2.75, 3.05) is 0 Å². The fourth-order valence-electron chi connectivity index (χ4n) is 2.72. The molecule has 1 aliphatic carbocycles. The number of ketones is 1. The summed E-state index contributed by atoms with van der Waals surface area (Å²) in [5.74, 6) is -2.62. The molecule has 0 bridgehead atoms. The second-order valence-corrected chi connectivity index (χ2v) is 5.06. The number of pyridine rings is 1. The van der Waals surface area contributed by atoms with Gasteiger partial charge in [0.2, 0.25) is 0 Å². The SMILES string of the molecule is Cc1ccc(F)c(C(=O)C2CCc3cccnc32)c1F. The molecule has 102 valence electrons.